The summed E-state index contributed by atoms with van der Waals surface area (Å²) in [6.07, 6.45) is 5.92. The van der Waals surface area contributed by atoms with E-state index in [2.05, 4.69) is 32.0 Å². The van der Waals surface area contributed by atoms with Crippen molar-refractivity contribution >= 4 is 10.8 Å². The zero-order valence-electron chi connectivity index (χ0n) is 13.1. The van der Waals surface area contributed by atoms with E-state index in [9.17, 15) is 5.11 Å². The first-order valence-corrected chi connectivity index (χ1v) is 8.06. The minimum atomic E-state index is 0.319. The van der Waals surface area contributed by atoms with Gasteiger partial charge < -0.3 is 9.84 Å². The van der Waals surface area contributed by atoms with Crippen LogP contribution < -0.4 is 0 Å². The molecule has 0 spiro atoms. The molecule has 1 N–H and O–H groups in total. The van der Waals surface area contributed by atoms with Crippen LogP contribution in [0.15, 0.2) is 36.4 Å². The van der Waals surface area contributed by atoms with Crippen LogP contribution in [-0.4, -0.2) is 17.8 Å². The summed E-state index contributed by atoms with van der Waals surface area (Å²) in [5.74, 6) is 0.322. The number of rotatable bonds is 8. The normalized spacial score (nSPS) is 12.7. The van der Waals surface area contributed by atoms with Crippen LogP contribution in [0.25, 0.3) is 10.8 Å². The maximum Gasteiger partial charge on any atom is 0.116 e. The molecule has 0 heterocycles. The number of phenols is 1. The molecule has 2 heteroatoms. The zero-order chi connectivity index (χ0) is 15.1. The minimum absolute atomic E-state index is 0.319. The zero-order valence-corrected chi connectivity index (χ0v) is 13.1. The van der Waals surface area contributed by atoms with E-state index in [1.165, 1.54) is 23.8 Å². The van der Waals surface area contributed by atoms with Crippen molar-refractivity contribution in [3.8, 4) is 5.75 Å². The van der Waals surface area contributed by atoms with Crippen LogP contribution >= 0.6 is 0 Å². The molecule has 0 saturated carbocycles. The van der Waals surface area contributed by atoms with Gasteiger partial charge in [-0.2, -0.15) is 0 Å². The third-order valence-electron chi connectivity index (χ3n) is 3.79. The molecule has 0 aliphatic rings. The van der Waals surface area contributed by atoms with Crippen molar-refractivity contribution in [3.63, 3.8) is 0 Å². The van der Waals surface area contributed by atoms with Gasteiger partial charge in [-0.1, -0.05) is 51.0 Å². The number of benzene rings is 2. The van der Waals surface area contributed by atoms with Gasteiger partial charge in [0.05, 0.1) is 6.10 Å². The van der Waals surface area contributed by atoms with E-state index in [4.69, 9.17) is 4.74 Å². The first-order valence-electron chi connectivity index (χ1n) is 8.06. The first kappa shape index (κ1) is 15.8. The van der Waals surface area contributed by atoms with Crippen LogP contribution in [0.3, 0.4) is 0 Å². The van der Waals surface area contributed by atoms with Gasteiger partial charge >= 0.3 is 0 Å². The fourth-order valence-electron chi connectivity index (χ4n) is 2.63. The molecule has 2 aromatic rings. The smallest absolute Gasteiger partial charge is 0.116 e. The second-order valence-electron chi connectivity index (χ2n) is 5.70. The Hall–Kier alpha value is -1.54. The number of unbranched alkanes of at least 4 members (excludes halogenated alkanes) is 1. The Morgan fingerprint density at radius 3 is 2.52 bits per heavy atom. The van der Waals surface area contributed by atoms with Crippen molar-refractivity contribution in [2.45, 2.75) is 52.1 Å². The summed E-state index contributed by atoms with van der Waals surface area (Å²) in [4.78, 5) is 0. The average Bonchev–Trinajstić information content (AvgIpc) is 2.50. The first-order chi connectivity index (χ1) is 10.2. The fourth-order valence-corrected chi connectivity index (χ4v) is 2.63. The Bertz CT molecular complexity index is 554. The van der Waals surface area contributed by atoms with E-state index in [1.807, 2.05) is 6.07 Å². The lowest BCUT2D eigenvalue weighted by molar-refractivity contribution is 0.0467. The third kappa shape index (κ3) is 4.75. The topological polar surface area (TPSA) is 29.5 Å². The van der Waals surface area contributed by atoms with Gasteiger partial charge in [0, 0.05) is 6.61 Å². The van der Waals surface area contributed by atoms with Gasteiger partial charge in [0.25, 0.3) is 0 Å². The van der Waals surface area contributed by atoms with E-state index in [0.29, 0.717) is 11.9 Å². The second kappa shape index (κ2) is 8.04. The SMILES string of the molecule is CCCCC(Cc1ccc2cc(O)ccc2c1)OCCC. The molecule has 114 valence electrons. The molecule has 2 rings (SSSR count). The lowest BCUT2D eigenvalue weighted by Gasteiger charge is -2.18. The number of fused-ring (bicyclic) bond motifs is 1. The maximum absolute atomic E-state index is 9.52. The van der Waals surface area contributed by atoms with Gasteiger partial charge in [-0.15, -0.1) is 0 Å². The van der Waals surface area contributed by atoms with Crippen LogP contribution in [-0.2, 0) is 11.2 Å². The highest BCUT2D eigenvalue weighted by Crippen LogP contribution is 2.22. The molecule has 0 fully saturated rings. The number of hydrogen-bond donors (Lipinski definition) is 1. The molecule has 0 radical (unpaired) electrons. The summed E-state index contributed by atoms with van der Waals surface area (Å²) in [5, 5.41) is 11.8. The Morgan fingerprint density at radius 2 is 1.76 bits per heavy atom. The number of phenolic OH excluding ortho intramolecular Hbond substituents is 1. The van der Waals surface area contributed by atoms with Crippen LogP contribution in [0.4, 0.5) is 0 Å². The number of aromatic hydroxyl groups is 1. The Morgan fingerprint density at radius 1 is 1.00 bits per heavy atom. The van der Waals surface area contributed by atoms with E-state index in [1.54, 1.807) is 12.1 Å². The van der Waals surface area contributed by atoms with Gasteiger partial charge in [-0.25, -0.2) is 0 Å². The summed E-state index contributed by atoms with van der Waals surface area (Å²) < 4.78 is 5.99. The molecule has 2 aromatic carbocycles. The van der Waals surface area contributed by atoms with Gasteiger partial charge in [-0.05, 0) is 47.7 Å². The molecule has 2 nitrogen and oxygen atoms in total. The average molecular weight is 286 g/mol. The highest BCUT2D eigenvalue weighted by atomic mass is 16.5. The number of hydrogen-bond acceptors (Lipinski definition) is 2. The van der Waals surface area contributed by atoms with E-state index >= 15 is 0 Å². The van der Waals surface area contributed by atoms with Crippen molar-refractivity contribution in [1.82, 2.24) is 0 Å². The van der Waals surface area contributed by atoms with Crippen LogP contribution in [0.1, 0.15) is 45.1 Å². The predicted octanol–water partition coefficient (Wildman–Crippen LogP) is 5.07. The lowest BCUT2D eigenvalue weighted by Crippen LogP contribution is -2.16. The van der Waals surface area contributed by atoms with Crippen molar-refractivity contribution in [3.05, 3.63) is 42.0 Å². The van der Waals surface area contributed by atoms with Gasteiger partial charge in [-0.3, -0.25) is 0 Å². The largest absolute Gasteiger partial charge is 0.508 e. The molecule has 0 saturated heterocycles. The fraction of sp³-hybridized carbons (Fsp3) is 0.474. The third-order valence-corrected chi connectivity index (χ3v) is 3.79. The maximum atomic E-state index is 9.52. The molecular weight excluding hydrogens is 260 g/mol. The van der Waals surface area contributed by atoms with Crippen molar-refractivity contribution in [2.75, 3.05) is 6.61 Å². The van der Waals surface area contributed by atoms with Gasteiger partial charge in [0.1, 0.15) is 5.75 Å². The van der Waals surface area contributed by atoms with Crippen LogP contribution in [0.5, 0.6) is 5.75 Å². The summed E-state index contributed by atoms with van der Waals surface area (Å²) in [6.45, 7) is 5.22. The number of ether oxygens (including phenoxy) is 1. The van der Waals surface area contributed by atoms with Gasteiger partial charge in [0.2, 0.25) is 0 Å². The van der Waals surface area contributed by atoms with E-state index in [-0.39, 0.29) is 0 Å². The molecule has 0 bridgehead atoms. The summed E-state index contributed by atoms with van der Waals surface area (Å²) in [5.41, 5.74) is 1.31. The van der Waals surface area contributed by atoms with Crippen molar-refractivity contribution in [2.24, 2.45) is 0 Å². The van der Waals surface area contributed by atoms with Crippen molar-refractivity contribution in [1.29, 1.82) is 0 Å². The molecule has 0 aliphatic heterocycles. The monoisotopic (exact) mass is 286 g/mol. The summed E-state index contributed by atoms with van der Waals surface area (Å²) in [6, 6.07) is 12.0. The summed E-state index contributed by atoms with van der Waals surface area (Å²) >= 11 is 0. The standard InChI is InChI=1S/C19H26O2/c1-3-5-6-19(21-11-4-2)13-15-7-8-17-14-18(20)10-9-16(17)12-15/h7-10,12,14,19-20H,3-6,11,13H2,1-2H3. The Labute approximate surface area is 127 Å². The van der Waals surface area contributed by atoms with Crippen LogP contribution in [0.2, 0.25) is 0 Å². The second-order valence-corrected chi connectivity index (χ2v) is 5.70. The predicted molar refractivity (Wildman–Crippen MR) is 88.9 cm³/mol. The molecule has 21 heavy (non-hydrogen) atoms. The molecule has 1 unspecified atom stereocenters. The molecule has 0 aliphatic carbocycles. The highest BCUT2D eigenvalue weighted by Gasteiger charge is 2.10. The van der Waals surface area contributed by atoms with E-state index < -0.39 is 0 Å². The van der Waals surface area contributed by atoms with Gasteiger partial charge in [0.15, 0.2) is 0 Å². The summed E-state index contributed by atoms with van der Waals surface area (Å²) in [7, 11) is 0. The lowest BCUT2D eigenvalue weighted by atomic mass is 10.00. The van der Waals surface area contributed by atoms with Crippen LogP contribution in [0, 0.1) is 0 Å². The molecular formula is C19H26O2. The molecule has 0 aromatic heterocycles. The Kier molecular flexibility index (Phi) is 6.06. The quantitative estimate of drug-likeness (QED) is 0.734. The van der Waals surface area contributed by atoms with E-state index in [0.717, 1.165) is 31.3 Å². The Balaban J connectivity index is 2.09. The van der Waals surface area contributed by atoms with Crippen molar-refractivity contribution < 1.29 is 9.84 Å². The molecule has 1 atom stereocenters. The molecule has 0 amide bonds. The minimum Gasteiger partial charge on any atom is -0.508 e. The highest BCUT2D eigenvalue weighted by molar-refractivity contribution is 5.84.